The molecule has 2 rings (SSSR count). The Morgan fingerprint density at radius 2 is 1.46 bits per heavy atom. The molecule has 0 spiro atoms. The largest absolute Gasteiger partial charge is 0.393 e. The first kappa shape index (κ1) is 22.4. The third kappa shape index (κ3) is 6.30. The summed E-state index contributed by atoms with van der Waals surface area (Å²) in [5.41, 5.74) is -0.371. The molecule has 2 aromatic rings. The smallest absolute Gasteiger partial charge is 0.180 e. The van der Waals surface area contributed by atoms with Gasteiger partial charge in [0, 0.05) is 11.8 Å². The first-order chi connectivity index (χ1) is 13.2. The van der Waals surface area contributed by atoms with E-state index in [1.165, 1.54) is 0 Å². The molecule has 158 valence electrons. The molecule has 0 saturated heterocycles. The predicted octanol–water partition coefficient (Wildman–Crippen LogP) is 1.71. The van der Waals surface area contributed by atoms with E-state index in [0.29, 0.717) is 30.9 Å². The molecule has 10 heteroatoms. The van der Waals surface area contributed by atoms with Gasteiger partial charge in [0.25, 0.3) is 0 Å². The summed E-state index contributed by atoms with van der Waals surface area (Å²) in [6, 6.07) is 0. The highest BCUT2D eigenvalue weighted by atomic mass is 16.3. The second kappa shape index (κ2) is 10.0. The fourth-order valence-corrected chi connectivity index (χ4v) is 3.19. The molecule has 0 aliphatic rings. The number of nitrogens with zero attached hydrogens (tertiary/aromatic N) is 6. The Labute approximate surface area is 165 Å². The van der Waals surface area contributed by atoms with Crippen LogP contribution >= 0.6 is 0 Å². The quantitative estimate of drug-likeness (QED) is 0.375. The van der Waals surface area contributed by atoms with Crippen molar-refractivity contribution in [2.75, 3.05) is 0 Å². The van der Waals surface area contributed by atoms with Gasteiger partial charge in [0.2, 0.25) is 0 Å². The third-order valence-electron chi connectivity index (χ3n) is 6.11. The number of tetrazole rings is 2. The van der Waals surface area contributed by atoms with E-state index in [4.69, 9.17) is 0 Å². The van der Waals surface area contributed by atoms with Crippen LogP contribution in [0.4, 0.5) is 0 Å². The minimum Gasteiger partial charge on any atom is -0.393 e. The summed E-state index contributed by atoms with van der Waals surface area (Å²) < 4.78 is 0. The molecule has 2 aromatic heterocycles. The Kier molecular flexibility index (Phi) is 7.99. The van der Waals surface area contributed by atoms with E-state index in [1.54, 1.807) is 0 Å². The number of hydrogen-bond donors (Lipinski definition) is 4. The molecule has 2 unspecified atom stereocenters. The second-order valence-electron chi connectivity index (χ2n) is 8.74. The topological polar surface area (TPSA) is 149 Å². The van der Waals surface area contributed by atoms with E-state index < -0.39 is 6.10 Å². The number of unbranched alkanes of at least 4 members (excludes halogenated alkanes) is 1. The number of rotatable bonds is 13. The SMILES string of the molecule is CC(C)(CCC(O)CCC(O)CCCCc1nn[nH]n1)C(C)(C)c1nn[nH]n1. The first-order valence-electron chi connectivity index (χ1n) is 10.0. The molecule has 0 radical (unpaired) electrons. The molecule has 28 heavy (non-hydrogen) atoms. The summed E-state index contributed by atoms with van der Waals surface area (Å²) in [5, 5.41) is 48.7. The van der Waals surface area contributed by atoms with E-state index >= 15 is 0 Å². The van der Waals surface area contributed by atoms with Crippen molar-refractivity contribution in [2.45, 2.75) is 96.7 Å². The van der Waals surface area contributed by atoms with Crippen LogP contribution in [0.3, 0.4) is 0 Å². The number of H-pyrrole nitrogens is 2. The molecule has 0 bridgehead atoms. The Morgan fingerprint density at radius 1 is 0.821 bits per heavy atom. The van der Waals surface area contributed by atoms with E-state index in [1.807, 2.05) is 0 Å². The van der Waals surface area contributed by atoms with Crippen molar-refractivity contribution in [2.24, 2.45) is 5.41 Å². The predicted molar refractivity (Wildman–Crippen MR) is 103 cm³/mol. The Balaban J connectivity index is 1.64. The van der Waals surface area contributed by atoms with Crippen LogP contribution in [0.1, 0.15) is 84.3 Å². The average Bonchev–Trinajstić information content (AvgIpc) is 3.35. The van der Waals surface area contributed by atoms with Crippen LogP contribution in [0, 0.1) is 5.41 Å². The lowest BCUT2D eigenvalue weighted by molar-refractivity contribution is 0.0811. The van der Waals surface area contributed by atoms with Crippen molar-refractivity contribution >= 4 is 0 Å². The van der Waals surface area contributed by atoms with Gasteiger partial charge in [-0.1, -0.05) is 44.5 Å². The van der Waals surface area contributed by atoms with Gasteiger partial charge < -0.3 is 10.2 Å². The van der Waals surface area contributed by atoms with Gasteiger partial charge in [0.15, 0.2) is 11.6 Å². The van der Waals surface area contributed by atoms with Crippen LogP contribution in [0.2, 0.25) is 0 Å². The molecule has 2 heterocycles. The highest BCUT2D eigenvalue weighted by Crippen LogP contribution is 2.43. The third-order valence-corrected chi connectivity index (χ3v) is 6.11. The van der Waals surface area contributed by atoms with E-state index in [9.17, 15) is 10.2 Å². The number of aliphatic hydroxyl groups excluding tert-OH is 2. The highest BCUT2D eigenvalue weighted by molar-refractivity contribution is 5.07. The average molecular weight is 395 g/mol. The number of aliphatic hydroxyl groups is 2. The molecular weight excluding hydrogens is 360 g/mol. The zero-order valence-electron chi connectivity index (χ0n) is 17.4. The number of aromatic amines is 2. The van der Waals surface area contributed by atoms with Gasteiger partial charge in [-0.05, 0) is 43.9 Å². The number of hydrogen-bond acceptors (Lipinski definition) is 8. The van der Waals surface area contributed by atoms with Crippen molar-refractivity contribution in [3.63, 3.8) is 0 Å². The van der Waals surface area contributed by atoms with Crippen LogP contribution in [0.5, 0.6) is 0 Å². The van der Waals surface area contributed by atoms with Gasteiger partial charge in [0.1, 0.15) is 0 Å². The molecule has 4 N–H and O–H groups in total. The van der Waals surface area contributed by atoms with Crippen LogP contribution in [0.25, 0.3) is 0 Å². The lowest BCUT2D eigenvalue weighted by atomic mass is 9.65. The maximum Gasteiger partial charge on any atom is 0.180 e. The zero-order valence-corrected chi connectivity index (χ0v) is 17.4. The van der Waals surface area contributed by atoms with Crippen molar-refractivity contribution in [3.05, 3.63) is 11.6 Å². The van der Waals surface area contributed by atoms with E-state index in [-0.39, 0.29) is 16.9 Å². The van der Waals surface area contributed by atoms with E-state index in [0.717, 1.165) is 32.1 Å². The van der Waals surface area contributed by atoms with Crippen LogP contribution < -0.4 is 0 Å². The molecule has 0 aliphatic heterocycles. The lowest BCUT2D eigenvalue weighted by Crippen LogP contribution is -2.38. The van der Waals surface area contributed by atoms with Crippen molar-refractivity contribution in [1.82, 2.24) is 41.2 Å². The molecule has 0 aromatic carbocycles. The summed E-state index contributed by atoms with van der Waals surface area (Å²) >= 11 is 0. The normalized spacial score (nSPS) is 14.9. The van der Waals surface area contributed by atoms with Crippen LogP contribution in [-0.2, 0) is 11.8 Å². The van der Waals surface area contributed by atoms with Crippen molar-refractivity contribution in [1.29, 1.82) is 0 Å². The Bertz CT molecular complexity index is 657. The fraction of sp³-hybridized carbons (Fsp3) is 0.889. The number of nitrogens with one attached hydrogen (secondary N) is 2. The molecule has 0 amide bonds. The van der Waals surface area contributed by atoms with Crippen LogP contribution in [-0.4, -0.2) is 63.7 Å². The van der Waals surface area contributed by atoms with Crippen LogP contribution in [0.15, 0.2) is 0 Å². The number of aryl methyl sites for hydroxylation is 1. The van der Waals surface area contributed by atoms with Gasteiger partial charge in [-0.3, -0.25) is 0 Å². The summed E-state index contributed by atoms with van der Waals surface area (Å²) in [4.78, 5) is 0. The van der Waals surface area contributed by atoms with Gasteiger partial charge in [-0.15, -0.1) is 20.4 Å². The first-order valence-corrected chi connectivity index (χ1v) is 10.0. The summed E-state index contributed by atoms with van der Waals surface area (Å²) in [6.45, 7) is 8.52. The highest BCUT2D eigenvalue weighted by Gasteiger charge is 2.41. The molecule has 10 nitrogen and oxygen atoms in total. The fourth-order valence-electron chi connectivity index (χ4n) is 3.19. The lowest BCUT2D eigenvalue weighted by Gasteiger charge is -2.40. The maximum absolute atomic E-state index is 10.4. The minimum atomic E-state index is -0.422. The zero-order chi connectivity index (χ0) is 20.6. The Morgan fingerprint density at radius 3 is 2.07 bits per heavy atom. The Hall–Kier alpha value is -1.94. The number of aromatic nitrogens is 8. The molecule has 0 saturated carbocycles. The van der Waals surface area contributed by atoms with Gasteiger partial charge in [0.05, 0.1) is 12.2 Å². The van der Waals surface area contributed by atoms with Crippen molar-refractivity contribution < 1.29 is 10.2 Å². The standard InChI is InChI=1S/C18H34N8O2/c1-17(2,18(3,4)16-21-25-26-22-16)12-11-14(28)10-9-13(27)7-5-6-8-15-19-23-24-20-15/h13-14,27-28H,5-12H2,1-4H3,(H,19,20,23,24)(H,21,22,25,26). The molecule has 0 fully saturated rings. The summed E-state index contributed by atoms with van der Waals surface area (Å²) in [5.74, 6) is 1.39. The monoisotopic (exact) mass is 394 g/mol. The molecule has 0 aliphatic carbocycles. The minimum absolute atomic E-state index is 0.106. The van der Waals surface area contributed by atoms with E-state index in [2.05, 4.69) is 68.9 Å². The van der Waals surface area contributed by atoms with Gasteiger partial charge >= 0.3 is 0 Å². The second-order valence-corrected chi connectivity index (χ2v) is 8.74. The summed E-state index contributed by atoms with van der Waals surface area (Å²) in [6.07, 6.45) is 5.21. The van der Waals surface area contributed by atoms with Gasteiger partial charge in [-0.25, -0.2) is 0 Å². The molecule has 2 atom stereocenters. The van der Waals surface area contributed by atoms with Gasteiger partial charge in [-0.2, -0.15) is 10.4 Å². The summed E-state index contributed by atoms with van der Waals surface area (Å²) in [7, 11) is 0. The molecular formula is C18H34N8O2. The maximum atomic E-state index is 10.4. The van der Waals surface area contributed by atoms with Crippen molar-refractivity contribution in [3.8, 4) is 0 Å².